The number of nitrogens with zero attached hydrogens (tertiary/aromatic N) is 3. The first-order valence-electron chi connectivity index (χ1n) is 11.4. The van der Waals surface area contributed by atoms with Crippen LogP contribution in [0.2, 0.25) is 0 Å². The van der Waals surface area contributed by atoms with Crippen molar-refractivity contribution in [3.63, 3.8) is 0 Å². The monoisotopic (exact) mass is 445 g/mol. The molecule has 0 aliphatic carbocycles. The quantitative estimate of drug-likeness (QED) is 0.308. The summed E-state index contributed by atoms with van der Waals surface area (Å²) in [6.45, 7) is 4.26. The number of rotatable bonds is 4. The number of hydrogen-bond donors (Lipinski definition) is 1. The molecule has 0 saturated heterocycles. The molecule has 3 aromatic carbocycles. The van der Waals surface area contributed by atoms with Crippen LogP contribution < -0.4 is 4.74 Å². The molecule has 0 bridgehead atoms. The molecular formula is C29H23N3O2. The fraction of sp³-hybridized carbons (Fsp3) is 0.103. The second kappa shape index (κ2) is 7.89. The Balaban J connectivity index is 1.48. The van der Waals surface area contributed by atoms with Gasteiger partial charge in [0, 0.05) is 34.5 Å². The second-order valence-corrected chi connectivity index (χ2v) is 8.70. The maximum Gasteiger partial charge on any atom is 0.219 e. The Morgan fingerprint density at radius 2 is 1.59 bits per heavy atom. The van der Waals surface area contributed by atoms with E-state index in [2.05, 4.69) is 46.6 Å². The van der Waals surface area contributed by atoms with Gasteiger partial charge in [-0.05, 0) is 53.9 Å². The molecule has 0 radical (unpaired) electrons. The number of pyridine rings is 2. The van der Waals surface area contributed by atoms with Crippen LogP contribution in [0, 0.1) is 0 Å². The third kappa shape index (κ3) is 3.25. The fourth-order valence-electron chi connectivity index (χ4n) is 4.63. The smallest absolute Gasteiger partial charge is 0.219 e. The van der Waals surface area contributed by atoms with Crippen LogP contribution in [0.1, 0.15) is 25.3 Å². The lowest BCUT2D eigenvalue weighted by Gasteiger charge is -2.12. The van der Waals surface area contributed by atoms with Gasteiger partial charge in [0.1, 0.15) is 22.8 Å². The number of aromatic nitrogens is 3. The minimum atomic E-state index is 0.149. The molecule has 6 aromatic rings. The first-order valence-corrected chi connectivity index (χ1v) is 11.4. The number of phenolic OH excluding ortho intramolecular Hbond substituents is 1. The van der Waals surface area contributed by atoms with Gasteiger partial charge in [-0.3, -0.25) is 4.57 Å². The molecule has 1 N–H and O–H groups in total. The number of benzene rings is 3. The van der Waals surface area contributed by atoms with E-state index >= 15 is 0 Å². The minimum Gasteiger partial charge on any atom is -0.506 e. The first kappa shape index (κ1) is 20.2. The summed E-state index contributed by atoms with van der Waals surface area (Å²) in [5.41, 5.74) is 3.78. The van der Waals surface area contributed by atoms with Gasteiger partial charge in [0.05, 0.1) is 11.0 Å². The van der Waals surface area contributed by atoms with E-state index in [1.54, 1.807) is 12.3 Å². The van der Waals surface area contributed by atoms with Crippen LogP contribution in [0.25, 0.3) is 38.5 Å². The molecule has 3 heterocycles. The van der Waals surface area contributed by atoms with Crippen LogP contribution in [-0.2, 0) is 0 Å². The highest BCUT2D eigenvalue weighted by Crippen LogP contribution is 2.36. The summed E-state index contributed by atoms with van der Waals surface area (Å²) in [6, 6.07) is 27.7. The topological polar surface area (TPSA) is 60.2 Å². The van der Waals surface area contributed by atoms with Crippen molar-refractivity contribution < 1.29 is 9.84 Å². The minimum absolute atomic E-state index is 0.149. The summed E-state index contributed by atoms with van der Waals surface area (Å²) >= 11 is 0. The Bertz CT molecular complexity index is 1670. The van der Waals surface area contributed by atoms with E-state index in [9.17, 15) is 5.11 Å². The Labute approximate surface area is 196 Å². The molecular weight excluding hydrogens is 422 g/mol. The lowest BCUT2D eigenvalue weighted by atomic mass is 9.98. The number of ether oxygens (including phenoxy) is 1. The molecule has 0 aliphatic heterocycles. The summed E-state index contributed by atoms with van der Waals surface area (Å²) in [5, 5.41) is 13.6. The van der Waals surface area contributed by atoms with Gasteiger partial charge in [-0.1, -0.05) is 44.2 Å². The fourth-order valence-corrected chi connectivity index (χ4v) is 4.63. The highest BCUT2D eigenvalue weighted by Gasteiger charge is 2.15. The van der Waals surface area contributed by atoms with E-state index < -0.39 is 0 Å². The molecule has 3 aromatic heterocycles. The Hall–Kier alpha value is -4.38. The van der Waals surface area contributed by atoms with Gasteiger partial charge in [-0.25, -0.2) is 9.97 Å². The lowest BCUT2D eigenvalue weighted by Crippen LogP contribution is -1.97. The number of hydrogen-bond acceptors (Lipinski definition) is 4. The Morgan fingerprint density at radius 1 is 0.794 bits per heavy atom. The maximum atomic E-state index is 10.4. The van der Waals surface area contributed by atoms with Crippen molar-refractivity contribution in [2.24, 2.45) is 0 Å². The predicted molar refractivity (Wildman–Crippen MR) is 136 cm³/mol. The zero-order valence-electron chi connectivity index (χ0n) is 18.9. The normalized spacial score (nSPS) is 11.6. The van der Waals surface area contributed by atoms with Crippen molar-refractivity contribution in [1.82, 2.24) is 14.5 Å². The molecule has 34 heavy (non-hydrogen) atoms. The van der Waals surface area contributed by atoms with Crippen molar-refractivity contribution >= 4 is 32.7 Å². The zero-order chi connectivity index (χ0) is 23.2. The number of aromatic hydroxyl groups is 1. The van der Waals surface area contributed by atoms with E-state index in [1.165, 1.54) is 0 Å². The van der Waals surface area contributed by atoms with E-state index in [0.29, 0.717) is 23.1 Å². The third-order valence-corrected chi connectivity index (χ3v) is 6.21. The summed E-state index contributed by atoms with van der Waals surface area (Å²) in [7, 11) is 0. The maximum absolute atomic E-state index is 10.4. The van der Waals surface area contributed by atoms with Crippen LogP contribution in [0.5, 0.6) is 17.4 Å². The summed E-state index contributed by atoms with van der Waals surface area (Å²) in [6.07, 6.45) is 1.80. The first-order chi connectivity index (χ1) is 16.6. The zero-order valence-corrected chi connectivity index (χ0v) is 18.9. The third-order valence-electron chi connectivity index (χ3n) is 6.21. The van der Waals surface area contributed by atoms with Crippen molar-refractivity contribution in [2.75, 3.05) is 0 Å². The van der Waals surface area contributed by atoms with Crippen LogP contribution in [-0.4, -0.2) is 19.6 Å². The standard InChI is InChI=1S/C29H23N3O2/c1-18(2)20-12-14-26(33)29-23(20)13-15-28(31-29)34-19-10-11-22-21-7-3-4-8-24(21)32(25(22)17-19)27-9-5-6-16-30-27/h3-18,33H,1-2H3. The van der Waals surface area contributed by atoms with E-state index in [4.69, 9.17) is 4.74 Å². The van der Waals surface area contributed by atoms with Gasteiger partial charge in [0.15, 0.2) is 0 Å². The molecule has 0 amide bonds. The average Bonchev–Trinajstić information content (AvgIpc) is 3.18. The molecule has 0 atom stereocenters. The van der Waals surface area contributed by atoms with Gasteiger partial charge in [0.2, 0.25) is 5.88 Å². The largest absolute Gasteiger partial charge is 0.506 e. The van der Waals surface area contributed by atoms with Crippen molar-refractivity contribution in [3.05, 3.63) is 96.7 Å². The average molecular weight is 446 g/mol. The van der Waals surface area contributed by atoms with Crippen molar-refractivity contribution in [3.8, 4) is 23.2 Å². The summed E-state index contributed by atoms with van der Waals surface area (Å²) in [5.74, 6) is 2.42. The SMILES string of the molecule is CC(C)c1ccc(O)c2nc(Oc3ccc4c5ccccc5n(-c5ccccn5)c4c3)ccc12. The number of para-hydroxylation sites is 1. The second-order valence-electron chi connectivity index (χ2n) is 8.70. The van der Waals surface area contributed by atoms with Gasteiger partial charge in [-0.15, -0.1) is 0 Å². The highest BCUT2D eigenvalue weighted by molar-refractivity contribution is 6.09. The van der Waals surface area contributed by atoms with Gasteiger partial charge in [0.25, 0.3) is 0 Å². The molecule has 0 aliphatic rings. The van der Waals surface area contributed by atoms with Gasteiger partial charge in [-0.2, -0.15) is 0 Å². The molecule has 5 heteroatoms. The molecule has 0 saturated carbocycles. The Kier molecular flexibility index (Phi) is 4.69. The van der Waals surface area contributed by atoms with Crippen LogP contribution in [0.4, 0.5) is 0 Å². The predicted octanol–water partition coefficient (Wildman–Crippen LogP) is 7.35. The van der Waals surface area contributed by atoms with E-state index in [1.807, 2.05) is 60.7 Å². The molecule has 0 fully saturated rings. The molecule has 0 unspecified atom stereocenters. The van der Waals surface area contributed by atoms with Crippen LogP contribution in [0.3, 0.4) is 0 Å². The van der Waals surface area contributed by atoms with Crippen molar-refractivity contribution in [2.45, 2.75) is 19.8 Å². The highest BCUT2D eigenvalue weighted by atomic mass is 16.5. The molecule has 0 spiro atoms. The number of fused-ring (bicyclic) bond motifs is 4. The van der Waals surface area contributed by atoms with E-state index in [-0.39, 0.29) is 5.75 Å². The van der Waals surface area contributed by atoms with Crippen LogP contribution in [0.15, 0.2) is 91.1 Å². The summed E-state index contributed by atoms with van der Waals surface area (Å²) < 4.78 is 8.33. The lowest BCUT2D eigenvalue weighted by molar-refractivity contribution is 0.460. The molecule has 166 valence electrons. The van der Waals surface area contributed by atoms with Crippen LogP contribution >= 0.6 is 0 Å². The molecule has 5 nitrogen and oxygen atoms in total. The van der Waals surface area contributed by atoms with Gasteiger partial charge >= 0.3 is 0 Å². The number of phenols is 1. The van der Waals surface area contributed by atoms with Gasteiger partial charge < -0.3 is 9.84 Å². The Morgan fingerprint density at radius 3 is 2.41 bits per heavy atom. The van der Waals surface area contributed by atoms with Crippen molar-refractivity contribution in [1.29, 1.82) is 0 Å². The molecule has 6 rings (SSSR count). The summed E-state index contributed by atoms with van der Waals surface area (Å²) in [4.78, 5) is 9.21. The van der Waals surface area contributed by atoms with E-state index in [0.717, 1.165) is 38.6 Å².